The minimum Gasteiger partial charge on any atom is -0.467 e. The monoisotopic (exact) mass is 381 g/mol. The summed E-state index contributed by atoms with van der Waals surface area (Å²) in [5.41, 5.74) is -1.31. The lowest BCUT2D eigenvalue weighted by Gasteiger charge is -2.12. The average Bonchev–Trinajstić information content (AvgIpc) is 2.45. The molecule has 2 aromatic rings. The van der Waals surface area contributed by atoms with E-state index in [9.17, 15) is 18.0 Å². The third kappa shape index (κ3) is 4.62. The number of benzene rings is 1. The number of alkyl halides is 3. The van der Waals surface area contributed by atoms with Crippen LogP contribution in [0.25, 0.3) is 0 Å². The Morgan fingerprint density at radius 2 is 1.83 bits per heavy atom. The first kappa shape index (κ1) is 18.1. The second-order valence-corrected chi connectivity index (χ2v) is 5.11. The SMILES string of the molecule is COc1ncc(OC(=O)Nc2cc(Cl)cc(Cl)c2)c(C(F)(F)F)n1. The van der Waals surface area contributed by atoms with E-state index in [0.717, 1.165) is 7.11 Å². The number of aromatic nitrogens is 2. The Balaban J connectivity index is 2.22. The molecule has 0 spiro atoms. The van der Waals surface area contributed by atoms with E-state index in [1.807, 2.05) is 0 Å². The van der Waals surface area contributed by atoms with E-state index in [1.165, 1.54) is 18.2 Å². The van der Waals surface area contributed by atoms with Gasteiger partial charge < -0.3 is 9.47 Å². The van der Waals surface area contributed by atoms with Crippen molar-refractivity contribution in [1.29, 1.82) is 0 Å². The maximum Gasteiger partial charge on any atom is 0.437 e. The molecule has 1 N–H and O–H groups in total. The van der Waals surface area contributed by atoms with Crippen LogP contribution in [0.5, 0.6) is 11.8 Å². The highest BCUT2D eigenvalue weighted by Gasteiger charge is 2.38. The molecule has 0 aliphatic carbocycles. The molecular formula is C13H8Cl2F3N3O3. The second kappa shape index (κ2) is 7.10. The van der Waals surface area contributed by atoms with Crippen LogP contribution in [0.2, 0.25) is 10.0 Å². The molecule has 24 heavy (non-hydrogen) atoms. The summed E-state index contributed by atoms with van der Waals surface area (Å²) < 4.78 is 48.0. The van der Waals surface area contributed by atoms with Gasteiger partial charge in [-0.25, -0.2) is 4.79 Å². The highest BCUT2D eigenvalue weighted by Crippen LogP contribution is 2.35. The lowest BCUT2D eigenvalue weighted by atomic mass is 10.3. The van der Waals surface area contributed by atoms with Gasteiger partial charge in [0.2, 0.25) is 0 Å². The van der Waals surface area contributed by atoms with Crippen molar-refractivity contribution in [3.8, 4) is 11.8 Å². The van der Waals surface area contributed by atoms with Gasteiger partial charge in [-0.05, 0) is 18.2 Å². The first-order chi connectivity index (χ1) is 11.2. The van der Waals surface area contributed by atoms with Crippen molar-refractivity contribution in [2.75, 3.05) is 12.4 Å². The number of methoxy groups -OCH3 is 1. The molecule has 0 radical (unpaired) electrons. The lowest BCUT2D eigenvalue weighted by molar-refractivity contribution is -0.142. The predicted molar refractivity (Wildman–Crippen MR) is 79.7 cm³/mol. The quantitative estimate of drug-likeness (QED) is 0.851. The van der Waals surface area contributed by atoms with Gasteiger partial charge in [-0.2, -0.15) is 23.1 Å². The molecule has 1 aromatic carbocycles. The summed E-state index contributed by atoms with van der Waals surface area (Å²) in [7, 11) is 1.10. The Bertz CT molecular complexity index is 752. The second-order valence-electron chi connectivity index (χ2n) is 4.24. The van der Waals surface area contributed by atoms with Gasteiger partial charge in [-0.3, -0.25) is 5.32 Å². The number of carbonyl (C=O) groups is 1. The predicted octanol–water partition coefficient (Wildman–Crippen LogP) is 4.42. The van der Waals surface area contributed by atoms with E-state index in [4.69, 9.17) is 23.2 Å². The van der Waals surface area contributed by atoms with Gasteiger partial charge in [0, 0.05) is 15.7 Å². The van der Waals surface area contributed by atoms with Crippen molar-refractivity contribution >= 4 is 35.0 Å². The molecular weight excluding hydrogens is 374 g/mol. The molecule has 0 saturated carbocycles. The fourth-order valence-electron chi connectivity index (χ4n) is 1.60. The zero-order valence-corrected chi connectivity index (χ0v) is 13.3. The van der Waals surface area contributed by atoms with E-state index >= 15 is 0 Å². The maximum atomic E-state index is 13.0. The summed E-state index contributed by atoms with van der Waals surface area (Å²) in [6.07, 6.45) is -5.39. The number of carbonyl (C=O) groups excluding carboxylic acids is 1. The zero-order chi connectivity index (χ0) is 17.9. The van der Waals surface area contributed by atoms with E-state index in [-0.39, 0.29) is 15.7 Å². The summed E-state index contributed by atoms with van der Waals surface area (Å²) in [6.45, 7) is 0. The van der Waals surface area contributed by atoms with Crippen LogP contribution >= 0.6 is 23.2 Å². The molecule has 6 nitrogen and oxygen atoms in total. The van der Waals surface area contributed by atoms with Crippen LogP contribution in [0, 0.1) is 0 Å². The number of rotatable bonds is 3. The smallest absolute Gasteiger partial charge is 0.437 e. The highest BCUT2D eigenvalue weighted by molar-refractivity contribution is 6.35. The van der Waals surface area contributed by atoms with Crippen LogP contribution in [0.3, 0.4) is 0 Å². The molecule has 1 amide bonds. The van der Waals surface area contributed by atoms with Gasteiger partial charge in [0.25, 0.3) is 0 Å². The number of ether oxygens (including phenoxy) is 2. The van der Waals surface area contributed by atoms with Gasteiger partial charge in [-0.1, -0.05) is 23.2 Å². The number of anilines is 1. The number of nitrogens with zero attached hydrogens (tertiary/aromatic N) is 2. The van der Waals surface area contributed by atoms with Gasteiger partial charge in [-0.15, -0.1) is 0 Å². The summed E-state index contributed by atoms with van der Waals surface area (Å²) >= 11 is 11.5. The van der Waals surface area contributed by atoms with Crippen LogP contribution in [0.4, 0.5) is 23.7 Å². The van der Waals surface area contributed by atoms with Crippen LogP contribution in [0.1, 0.15) is 5.69 Å². The van der Waals surface area contributed by atoms with Crippen LogP contribution in [-0.4, -0.2) is 23.2 Å². The number of amides is 1. The van der Waals surface area contributed by atoms with Crippen molar-refractivity contribution < 1.29 is 27.4 Å². The molecule has 0 saturated heterocycles. The van der Waals surface area contributed by atoms with Gasteiger partial charge in [0.15, 0.2) is 11.4 Å². The molecule has 1 heterocycles. The van der Waals surface area contributed by atoms with Crippen molar-refractivity contribution in [3.63, 3.8) is 0 Å². The Labute approximate surface area is 143 Å². The number of hydrogen-bond donors (Lipinski definition) is 1. The largest absolute Gasteiger partial charge is 0.467 e. The van der Waals surface area contributed by atoms with E-state index < -0.39 is 29.7 Å². The van der Waals surface area contributed by atoms with Gasteiger partial charge >= 0.3 is 18.3 Å². The fraction of sp³-hybridized carbons (Fsp3) is 0.154. The summed E-state index contributed by atoms with van der Waals surface area (Å²) in [5.74, 6) is -0.881. The first-order valence-electron chi connectivity index (χ1n) is 6.12. The van der Waals surface area contributed by atoms with E-state index in [1.54, 1.807) is 0 Å². The Kier molecular flexibility index (Phi) is 5.35. The summed E-state index contributed by atoms with van der Waals surface area (Å²) in [6, 6.07) is 3.57. The minimum absolute atomic E-state index is 0.139. The standard InChI is InChI=1S/C13H8Cl2F3N3O3/c1-23-11-19-5-9(10(21-11)13(16,17)18)24-12(22)20-8-3-6(14)2-7(15)4-8/h2-5H,1H3,(H,20,22). The number of hydrogen-bond acceptors (Lipinski definition) is 5. The minimum atomic E-state index is -4.87. The Morgan fingerprint density at radius 1 is 1.21 bits per heavy atom. The summed E-state index contributed by atoms with van der Waals surface area (Å²) in [4.78, 5) is 18.4. The van der Waals surface area contributed by atoms with Gasteiger partial charge in [0.1, 0.15) is 0 Å². The molecule has 128 valence electrons. The first-order valence-corrected chi connectivity index (χ1v) is 6.88. The van der Waals surface area contributed by atoms with Crippen molar-refractivity contribution in [2.45, 2.75) is 6.18 Å². The van der Waals surface area contributed by atoms with Crippen molar-refractivity contribution in [1.82, 2.24) is 9.97 Å². The molecule has 0 bridgehead atoms. The normalized spacial score (nSPS) is 11.1. The molecule has 0 unspecified atom stereocenters. The Morgan fingerprint density at radius 3 is 2.38 bits per heavy atom. The lowest BCUT2D eigenvalue weighted by Crippen LogP contribution is -2.20. The third-order valence-electron chi connectivity index (χ3n) is 2.50. The average molecular weight is 382 g/mol. The van der Waals surface area contributed by atoms with Crippen LogP contribution in [-0.2, 0) is 6.18 Å². The molecule has 11 heteroatoms. The molecule has 0 atom stereocenters. The third-order valence-corrected chi connectivity index (χ3v) is 2.93. The molecule has 0 aliphatic rings. The van der Waals surface area contributed by atoms with Crippen LogP contribution in [0.15, 0.2) is 24.4 Å². The van der Waals surface area contributed by atoms with E-state index in [0.29, 0.717) is 6.20 Å². The summed E-state index contributed by atoms with van der Waals surface area (Å²) in [5, 5.41) is 2.64. The van der Waals surface area contributed by atoms with Crippen molar-refractivity contribution in [3.05, 3.63) is 40.1 Å². The van der Waals surface area contributed by atoms with Crippen LogP contribution < -0.4 is 14.8 Å². The maximum absolute atomic E-state index is 13.0. The molecule has 2 rings (SSSR count). The highest BCUT2D eigenvalue weighted by atomic mass is 35.5. The van der Waals surface area contributed by atoms with E-state index in [2.05, 4.69) is 24.8 Å². The Hall–Kier alpha value is -2.26. The number of halogens is 5. The topological polar surface area (TPSA) is 73.3 Å². The van der Waals surface area contributed by atoms with Gasteiger partial charge in [0.05, 0.1) is 13.3 Å². The zero-order valence-electron chi connectivity index (χ0n) is 11.8. The molecule has 1 aromatic heterocycles. The number of nitrogens with one attached hydrogen (secondary N) is 1. The molecule has 0 fully saturated rings. The fourth-order valence-corrected chi connectivity index (χ4v) is 2.13. The molecule has 0 aliphatic heterocycles. The van der Waals surface area contributed by atoms with Crippen molar-refractivity contribution in [2.24, 2.45) is 0 Å².